The highest BCUT2D eigenvalue weighted by molar-refractivity contribution is 8.02. The molecule has 0 heterocycles. The van der Waals surface area contributed by atoms with Crippen LogP contribution in [0.15, 0.2) is 11.2 Å². The Morgan fingerprint density at radius 3 is 2.80 bits per heavy atom. The quantitative estimate of drug-likeness (QED) is 0.472. The lowest BCUT2D eigenvalue weighted by atomic mass is 10.6. The summed E-state index contributed by atoms with van der Waals surface area (Å²) in [5, 5.41) is 0.882. The third kappa shape index (κ3) is 4.08. The number of halogens is 1. The lowest BCUT2D eigenvalue weighted by Gasteiger charge is -1.86. The van der Waals surface area contributed by atoms with Crippen molar-refractivity contribution in [1.29, 1.82) is 0 Å². The molecular formula is C5H5FNO2S. The first-order chi connectivity index (χ1) is 4.68. The van der Waals surface area contributed by atoms with E-state index in [4.69, 9.17) is 0 Å². The second-order valence-corrected chi connectivity index (χ2v) is 2.14. The first-order valence-corrected chi connectivity index (χ1v) is 3.35. The Labute approximate surface area is 61.5 Å². The van der Waals surface area contributed by atoms with Gasteiger partial charge in [-0.1, -0.05) is 0 Å². The molecule has 1 radical (unpaired) electrons. The van der Waals surface area contributed by atoms with Gasteiger partial charge in [0.15, 0.2) is 5.83 Å². The molecule has 0 aromatic rings. The van der Waals surface area contributed by atoms with Crippen molar-refractivity contribution in [3.63, 3.8) is 0 Å². The molecule has 1 amide bonds. The molecule has 0 fully saturated rings. The number of hydrogen-bond acceptors (Lipinski definition) is 3. The summed E-state index contributed by atoms with van der Waals surface area (Å²) in [6.07, 6.45) is 1.51. The zero-order chi connectivity index (χ0) is 7.98. The molecule has 5 heteroatoms. The number of rotatable bonds is 4. The smallest absolute Gasteiger partial charge is 0.277 e. The molecule has 10 heavy (non-hydrogen) atoms. The largest absolute Gasteiger partial charge is 0.364 e. The topological polar surface area (TPSA) is 60.2 Å². The van der Waals surface area contributed by atoms with Crippen LogP contribution in [0.4, 0.5) is 4.39 Å². The van der Waals surface area contributed by atoms with Crippen molar-refractivity contribution in [2.24, 2.45) is 5.73 Å². The number of thioether (sulfide) groups is 1. The molecule has 0 aromatic heterocycles. The summed E-state index contributed by atoms with van der Waals surface area (Å²) in [5.41, 5.74) is 4.52. The Kier molecular flexibility index (Phi) is 4.57. The van der Waals surface area contributed by atoms with Gasteiger partial charge < -0.3 is 5.73 Å². The molecular weight excluding hydrogens is 157 g/mol. The standard InChI is InChI=1S/C5H5FNO2S/c6-4(5(7)9)3-10-2-1-8/h3H,2H2,(H2,7,9)/b4-3+. The molecule has 0 aromatic carbocycles. The summed E-state index contributed by atoms with van der Waals surface area (Å²) < 4.78 is 12.1. The number of primary amides is 1. The Hall–Kier alpha value is -0.840. The Bertz CT molecular complexity index is 169. The average Bonchev–Trinajstić information content (AvgIpc) is 1.88. The van der Waals surface area contributed by atoms with Crippen molar-refractivity contribution >= 4 is 24.0 Å². The minimum atomic E-state index is -1.13. The van der Waals surface area contributed by atoms with Crippen LogP contribution in [0.2, 0.25) is 0 Å². The average molecular weight is 162 g/mol. The van der Waals surface area contributed by atoms with Crippen molar-refractivity contribution in [3.8, 4) is 0 Å². The number of nitrogens with two attached hydrogens (primary N) is 1. The number of carbonyl (C=O) groups excluding carboxylic acids is 2. The van der Waals surface area contributed by atoms with Gasteiger partial charge in [-0.25, -0.2) is 4.39 Å². The number of carbonyl (C=O) groups is 1. The van der Waals surface area contributed by atoms with Crippen LogP contribution in [0.5, 0.6) is 0 Å². The maximum atomic E-state index is 12.1. The molecule has 0 aliphatic rings. The minimum Gasteiger partial charge on any atom is -0.364 e. The second kappa shape index (κ2) is 4.99. The maximum Gasteiger partial charge on any atom is 0.277 e. The third-order valence-electron chi connectivity index (χ3n) is 0.564. The molecule has 0 aliphatic heterocycles. The van der Waals surface area contributed by atoms with Crippen molar-refractivity contribution < 1.29 is 14.0 Å². The second-order valence-electron chi connectivity index (χ2n) is 1.29. The Morgan fingerprint density at radius 1 is 1.80 bits per heavy atom. The molecule has 0 saturated heterocycles. The van der Waals surface area contributed by atoms with Crippen LogP contribution < -0.4 is 5.73 Å². The van der Waals surface area contributed by atoms with Crippen LogP contribution in [-0.2, 0) is 9.59 Å². The lowest BCUT2D eigenvalue weighted by Crippen LogP contribution is -2.10. The van der Waals surface area contributed by atoms with E-state index in [1.54, 1.807) is 0 Å². The van der Waals surface area contributed by atoms with Crippen LogP contribution in [0, 0.1) is 0 Å². The summed E-state index contributed by atoms with van der Waals surface area (Å²) in [5.74, 6) is -2.17. The van der Waals surface area contributed by atoms with Crippen molar-refractivity contribution in [3.05, 3.63) is 11.2 Å². The van der Waals surface area contributed by atoms with Gasteiger partial charge >= 0.3 is 0 Å². The van der Waals surface area contributed by atoms with E-state index in [1.807, 2.05) is 0 Å². The van der Waals surface area contributed by atoms with E-state index in [0.717, 1.165) is 17.2 Å². The minimum absolute atomic E-state index is 0.000694. The van der Waals surface area contributed by atoms with Gasteiger partial charge in [0.25, 0.3) is 5.91 Å². The fourth-order valence-corrected chi connectivity index (χ4v) is 0.621. The number of hydrogen-bond donors (Lipinski definition) is 1. The first-order valence-electron chi connectivity index (χ1n) is 2.30. The fourth-order valence-electron chi connectivity index (χ4n) is 0.207. The van der Waals surface area contributed by atoms with E-state index in [-0.39, 0.29) is 5.75 Å². The fraction of sp³-hybridized carbons (Fsp3) is 0.200. The van der Waals surface area contributed by atoms with Crippen molar-refractivity contribution in [1.82, 2.24) is 0 Å². The van der Waals surface area contributed by atoms with Gasteiger partial charge in [0.2, 0.25) is 6.29 Å². The molecule has 0 rings (SSSR count). The third-order valence-corrected chi connectivity index (χ3v) is 1.22. The molecule has 0 unspecified atom stereocenters. The summed E-state index contributed by atoms with van der Waals surface area (Å²) in [4.78, 5) is 19.5. The van der Waals surface area contributed by atoms with E-state index in [1.165, 1.54) is 6.29 Å². The maximum absolute atomic E-state index is 12.1. The number of amides is 1. The van der Waals surface area contributed by atoms with Gasteiger partial charge in [0.1, 0.15) is 0 Å². The normalized spacial score (nSPS) is 11.1. The van der Waals surface area contributed by atoms with Gasteiger partial charge in [-0.2, -0.15) is 0 Å². The van der Waals surface area contributed by atoms with E-state index < -0.39 is 11.7 Å². The lowest BCUT2D eigenvalue weighted by molar-refractivity contribution is -0.115. The summed E-state index contributed by atoms with van der Waals surface area (Å²) >= 11 is 0.828. The van der Waals surface area contributed by atoms with Gasteiger partial charge in [0, 0.05) is 5.41 Å². The highest BCUT2D eigenvalue weighted by Crippen LogP contribution is 2.05. The Balaban J connectivity index is 3.68. The monoisotopic (exact) mass is 162 g/mol. The SMILES string of the molecule is NC(=O)/C(F)=C\SC[C]=O. The van der Waals surface area contributed by atoms with Crippen molar-refractivity contribution in [2.75, 3.05) is 5.75 Å². The molecule has 2 N–H and O–H groups in total. The predicted octanol–water partition coefficient (Wildman–Crippen LogP) is 0.126. The van der Waals surface area contributed by atoms with Crippen LogP contribution in [-0.4, -0.2) is 17.9 Å². The first kappa shape index (κ1) is 9.16. The molecule has 0 atom stereocenters. The van der Waals surface area contributed by atoms with E-state index in [9.17, 15) is 14.0 Å². The van der Waals surface area contributed by atoms with Crippen LogP contribution in [0.3, 0.4) is 0 Å². The van der Waals surface area contributed by atoms with Crippen LogP contribution >= 0.6 is 11.8 Å². The Morgan fingerprint density at radius 2 is 2.40 bits per heavy atom. The summed E-state index contributed by atoms with van der Waals surface area (Å²) in [6, 6.07) is 0. The molecule has 0 aliphatic carbocycles. The van der Waals surface area contributed by atoms with E-state index in [0.29, 0.717) is 0 Å². The molecule has 3 nitrogen and oxygen atoms in total. The van der Waals surface area contributed by atoms with Gasteiger partial charge in [0.05, 0.1) is 5.75 Å². The predicted molar refractivity (Wildman–Crippen MR) is 36.5 cm³/mol. The highest BCUT2D eigenvalue weighted by atomic mass is 32.2. The van der Waals surface area contributed by atoms with Crippen molar-refractivity contribution in [2.45, 2.75) is 0 Å². The van der Waals surface area contributed by atoms with Gasteiger partial charge in [-0.15, -0.1) is 11.8 Å². The van der Waals surface area contributed by atoms with Crippen LogP contribution in [0.1, 0.15) is 0 Å². The summed E-state index contributed by atoms with van der Waals surface area (Å²) in [6.45, 7) is 0. The molecule has 0 bridgehead atoms. The van der Waals surface area contributed by atoms with Gasteiger partial charge in [-0.05, 0) is 0 Å². The van der Waals surface area contributed by atoms with E-state index in [2.05, 4.69) is 5.73 Å². The molecule has 0 saturated carbocycles. The molecule has 55 valence electrons. The molecule has 0 spiro atoms. The zero-order valence-electron chi connectivity index (χ0n) is 4.96. The summed E-state index contributed by atoms with van der Waals surface area (Å²) in [7, 11) is 0. The van der Waals surface area contributed by atoms with Crippen LogP contribution in [0.25, 0.3) is 0 Å². The van der Waals surface area contributed by atoms with Gasteiger partial charge in [-0.3, -0.25) is 9.59 Å². The van der Waals surface area contributed by atoms with E-state index >= 15 is 0 Å². The zero-order valence-corrected chi connectivity index (χ0v) is 5.78. The highest BCUT2D eigenvalue weighted by Gasteiger charge is 2.00.